The van der Waals surface area contributed by atoms with E-state index in [9.17, 15) is 8.42 Å². The van der Waals surface area contributed by atoms with Gasteiger partial charge in [0.25, 0.3) is 0 Å². The van der Waals surface area contributed by atoms with Gasteiger partial charge in [-0.25, -0.2) is 8.42 Å². The molecule has 0 amide bonds. The van der Waals surface area contributed by atoms with E-state index in [1.165, 1.54) is 17.5 Å². The van der Waals surface area contributed by atoms with E-state index in [0.29, 0.717) is 29.8 Å². The first kappa shape index (κ1) is 21.9. The van der Waals surface area contributed by atoms with Crippen molar-refractivity contribution in [2.24, 2.45) is 11.3 Å². The highest BCUT2D eigenvalue weighted by molar-refractivity contribution is 7.89. The predicted octanol–water partition coefficient (Wildman–Crippen LogP) is 5.59. The van der Waals surface area contributed by atoms with E-state index in [4.69, 9.17) is 11.6 Å². The first-order valence-corrected chi connectivity index (χ1v) is 13.1. The number of sulfonamides is 1. The molecule has 30 heavy (non-hydrogen) atoms. The quantitative estimate of drug-likeness (QED) is 0.447. The van der Waals surface area contributed by atoms with Crippen molar-refractivity contribution in [3.63, 3.8) is 0 Å². The van der Waals surface area contributed by atoms with E-state index in [1.54, 1.807) is 16.4 Å². The molecule has 0 aliphatic heterocycles. The zero-order valence-corrected chi connectivity index (χ0v) is 19.4. The molecule has 2 aliphatic rings. The molecule has 2 fully saturated rings. The Morgan fingerprint density at radius 2 is 1.63 bits per heavy atom. The van der Waals surface area contributed by atoms with Crippen LogP contribution < -0.4 is 0 Å². The summed E-state index contributed by atoms with van der Waals surface area (Å²) in [5.74, 6) is 1.16. The van der Waals surface area contributed by atoms with E-state index in [-0.39, 0.29) is 5.41 Å². The molecule has 0 spiro atoms. The first-order valence-electron chi connectivity index (χ1n) is 11.1. The molecule has 2 aliphatic carbocycles. The third-order valence-corrected chi connectivity index (χ3v) is 8.74. The Bertz CT molecular complexity index is 946. The standard InChI is InChI=1S/C25H32ClNO2S/c1-20-3-11-24(12-4-20)30(28,29)27(18-23-9-10-23)19-25(14-2-15-25)17-22-7-5-21(6-8-22)13-16-26/h3-8,11-12,23H,2,9-10,13-19H2,1H3. The maximum atomic E-state index is 13.5. The summed E-state index contributed by atoms with van der Waals surface area (Å²) in [6.45, 7) is 3.27. The van der Waals surface area contributed by atoms with Crippen molar-refractivity contribution in [2.45, 2.75) is 56.8 Å². The Morgan fingerprint density at radius 1 is 1.00 bits per heavy atom. The normalized spacial score (nSPS) is 18.4. The fourth-order valence-electron chi connectivity index (χ4n) is 4.50. The summed E-state index contributed by atoms with van der Waals surface area (Å²) < 4.78 is 28.8. The largest absolute Gasteiger partial charge is 0.243 e. The van der Waals surface area contributed by atoms with Crippen LogP contribution in [0.2, 0.25) is 0 Å². The number of aryl methyl sites for hydroxylation is 2. The lowest BCUT2D eigenvalue weighted by atomic mass is 9.65. The zero-order valence-electron chi connectivity index (χ0n) is 17.8. The van der Waals surface area contributed by atoms with Crippen molar-refractivity contribution < 1.29 is 8.42 Å². The molecular formula is C25H32ClNO2S. The molecule has 0 atom stereocenters. The summed E-state index contributed by atoms with van der Waals surface area (Å²) in [6, 6.07) is 16.0. The smallest absolute Gasteiger partial charge is 0.207 e. The van der Waals surface area contributed by atoms with Crippen LogP contribution in [-0.4, -0.2) is 31.7 Å². The lowest BCUT2D eigenvalue weighted by molar-refractivity contribution is 0.0983. The molecular weight excluding hydrogens is 414 g/mol. The Labute approximate surface area is 186 Å². The lowest BCUT2D eigenvalue weighted by Crippen LogP contribution is -2.46. The van der Waals surface area contributed by atoms with Crippen LogP contribution in [0.15, 0.2) is 53.4 Å². The molecule has 0 radical (unpaired) electrons. The highest BCUT2D eigenvalue weighted by Crippen LogP contribution is 2.46. The highest BCUT2D eigenvalue weighted by atomic mass is 35.5. The van der Waals surface area contributed by atoms with Crippen LogP contribution in [0.5, 0.6) is 0 Å². The number of alkyl halides is 1. The van der Waals surface area contributed by atoms with Gasteiger partial charge in [-0.2, -0.15) is 4.31 Å². The van der Waals surface area contributed by atoms with Gasteiger partial charge in [-0.15, -0.1) is 11.6 Å². The monoisotopic (exact) mass is 445 g/mol. The number of hydrogen-bond acceptors (Lipinski definition) is 2. The molecule has 5 heteroatoms. The van der Waals surface area contributed by atoms with Gasteiger partial charge >= 0.3 is 0 Å². The van der Waals surface area contributed by atoms with E-state index < -0.39 is 10.0 Å². The van der Waals surface area contributed by atoms with Crippen molar-refractivity contribution in [2.75, 3.05) is 19.0 Å². The number of nitrogens with zero attached hydrogens (tertiary/aromatic N) is 1. The Kier molecular flexibility index (Phi) is 6.57. The lowest BCUT2D eigenvalue weighted by Gasteiger charge is -2.45. The van der Waals surface area contributed by atoms with Crippen molar-refractivity contribution >= 4 is 21.6 Å². The van der Waals surface area contributed by atoms with Gasteiger partial charge < -0.3 is 0 Å². The third kappa shape index (κ3) is 5.09. The SMILES string of the molecule is Cc1ccc(S(=O)(=O)N(CC2CC2)CC2(Cc3ccc(CCCl)cc3)CCC2)cc1. The zero-order chi connectivity index (χ0) is 21.2. The molecule has 0 unspecified atom stereocenters. The van der Waals surface area contributed by atoms with Gasteiger partial charge in [0.05, 0.1) is 4.90 Å². The number of rotatable bonds is 10. The summed E-state index contributed by atoms with van der Waals surface area (Å²) in [4.78, 5) is 0.425. The summed E-state index contributed by atoms with van der Waals surface area (Å²) >= 11 is 5.86. The Morgan fingerprint density at radius 3 is 2.17 bits per heavy atom. The van der Waals surface area contributed by atoms with E-state index >= 15 is 0 Å². The number of hydrogen-bond donors (Lipinski definition) is 0. The average molecular weight is 446 g/mol. The maximum absolute atomic E-state index is 13.5. The summed E-state index contributed by atoms with van der Waals surface area (Å²) in [6.07, 6.45) is 7.51. The van der Waals surface area contributed by atoms with Gasteiger partial charge in [0.15, 0.2) is 0 Å². The molecule has 0 heterocycles. The van der Waals surface area contributed by atoms with E-state index in [0.717, 1.165) is 44.1 Å². The predicted molar refractivity (Wildman–Crippen MR) is 124 cm³/mol. The van der Waals surface area contributed by atoms with Crippen LogP contribution in [-0.2, 0) is 22.9 Å². The van der Waals surface area contributed by atoms with Crippen molar-refractivity contribution in [1.29, 1.82) is 0 Å². The second-order valence-electron chi connectivity index (χ2n) is 9.34. The third-order valence-electron chi connectivity index (χ3n) is 6.73. The van der Waals surface area contributed by atoms with Crippen LogP contribution in [0.25, 0.3) is 0 Å². The van der Waals surface area contributed by atoms with Crippen molar-refractivity contribution in [3.8, 4) is 0 Å². The first-order chi connectivity index (χ1) is 14.4. The van der Waals surface area contributed by atoms with Crippen LogP contribution in [0.3, 0.4) is 0 Å². The van der Waals surface area contributed by atoms with Crippen LogP contribution in [0.1, 0.15) is 48.8 Å². The molecule has 2 saturated carbocycles. The van der Waals surface area contributed by atoms with Gasteiger partial charge in [-0.3, -0.25) is 0 Å². The number of halogens is 1. The topological polar surface area (TPSA) is 37.4 Å². The molecule has 2 aromatic carbocycles. The van der Waals surface area contributed by atoms with Gasteiger partial charge in [-0.05, 0) is 80.0 Å². The molecule has 3 nitrogen and oxygen atoms in total. The van der Waals surface area contributed by atoms with Crippen LogP contribution >= 0.6 is 11.6 Å². The Hall–Kier alpha value is -1.36. The summed E-state index contributed by atoms with van der Waals surface area (Å²) in [5.41, 5.74) is 3.69. The minimum atomic E-state index is -3.47. The van der Waals surface area contributed by atoms with Gasteiger partial charge in [0, 0.05) is 19.0 Å². The number of benzene rings is 2. The molecule has 4 rings (SSSR count). The Balaban J connectivity index is 1.54. The molecule has 0 N–H and O–H groups in total. The van der Waals surface area contributed by atoms with Gasteiger partial charge in [0.1, 0.15) is 0 Å². The molecule has 0 saturated heterocycles. The molecule has 0 aromatic heterocycles. The van der Waals surface area contributed by atoms with Crippen LogP contribution in [0.4, 0.5) is 0 Å². The minimum absolute atomic E-state index is 0.0562. The highest BCUT2D eigenvalue weighted by Gasteiger charge is 2.42. The van der Waals surface area contributed by atoms with E-state index in [1.807, 2.05) is 19.1 Å². The van der Waals surface area contributed by atoms with Crippen LogP contribution in [0, 0.1) is 18.3 Å². The van der Waals surface area contributed by atoms with E-state index in [2.05, 4.69) is 24.3 Å². The van der Waals surface area contributed by atoms with Gasteiger partial charge in [-0.1, -0.05) is 48.4 Å². The second kappa shape index (κ2) is 9.02. The molecule has 0 bridgehead atoms. The second-order valence-corrected chi connectivity index (χ2v) is 11.7. The summed E-state index contributed by atoms with van der Waals surface area (Å²) in [5, 5.41) is 0. The van der Waals surface area contributed by atoms with Crippen molar-refractivity contribution in [3.05, 3.63) is 65.2 Å². The fourth-order valence-corrected chi connectivity index (χ4v) is 6.35. The van der Waals surface area contributed by atoms with Gasteiger partial charge in [0.2, 0.25) is 10.0 Å². The summed E-state index contributed by atoms with van der Waals surface area (Å²) in [7, 11) is -3.47. The molecule has 162 valence electrons. The minimum Gasteiger partial charge on any atom is -0.207 e. The molecule has 2 aromatic rings. The fraction of sp³-hybridized carbons (Fsp3) is 0.520. The maximum Gasteiger partial charge on any atom is 0.243 e. The van der Waals surface area contributed by atoms with Crippen molar-refractivity contribution in [1.82, 2.24) is 4.31 Å². The average Bonchev–Trinajstić information content (AvgIpc) is 3.52.